The molecule has 24 heavy (non-hydrogen) atoms. The van der Waals surface area contributed by atoms with Gasteiger partial charge in [0.25, 0.3) is 0 Å². The number of piperidine rings is 1. The first-order valence-electron chi connectivity index (χ1n) is 8.95. The Balaban J connectivity index is 0.000000561. The van der Waals surface area contributed by atoms with Crippen LogP contribution in [-0.4, -0.2) is 49.1 Å². The predicted octanol–water partition coefficient (Wildman–Crippen LogP) is 4.42. The lowest BCUT2D eigenvalue weighted by molar-refractivity contribution is -0.932. The zero-order valence-corrected chi connectivity index (χ0v) is 15.7. The van der Waals surface area contributed by atoms with Gasteiger partial charge in [0, 0.05) is 0 Å². The Bertz CT molecular complexity index is 413. The molecule has 0 spiro atoms. The van der Waals surface area contributed by atoms with Crippen molar-refractivity contribution in [3.63, 3.8) is 0 Å². The highest BCUT2D eigenvalue weighted by Gasteiger charge is 2.36. The second-order valence-corrected chi connectivity index (χ2v) is 7.98. The Labute approximate surface area is 144 Å². The molecule has 0 aromatic carbocycles. The molecule has 146 valence electrons. The lowest BCUT2D eigenvalue weighted by Gasteiger charge is -2.41. The van der Waals surface area contributed by atoms with Crippen LogP contribution in [0.5, 0.6) is 0 Å². The summed E-state index contributed by atoms with van der Waals surface area (Å²) >= 11 is 0. The summed E-state index contributed by atoms with van der Waals surface area (Å²) in [5.74, 6) is 0. The third-order valence-electron chi connectivity index (χ3n) is 4.48. The number of likely N-dealkylation sites (tertiary alicyclic amines) is 1. The molecule has 4 nitrogen and oxygen atoms in total. The van der Waals surface area contributed by atoms with E-state index in [9.17, 15) is 13.2 Å². The van der Waals surface area contributed by atoms with Gasteiger partial charge in [0.15, 0.2) is 10.1 Å². The fourth-order valence-corrected chi connectivity index (χ4v) is 3.27. The van der Waals surface area contributed by atoms with Gasteiger partial charge in [-0.05, 0) is 38.5 Å². The second-order valence-electron chi connectivity index (χ2n) is 6.61. The summed E-state index contributed by atoms with van der Waals surface area (Å²) in [6.07, 6.45) is 13.0. The Morgan fingerprint density at radius 2 is 1.38 bits per heavy atom. The first-order chi connectivity index (χ1) is 11.1. The highest BCUT2D eigenvalue weighted by molar-refractivity contribution is 7.86. The van der Waals surface area contributed by atoms with Crippen molar-refractivity contribution in [2.75, 3.05) is 26.2 Å². The average molecular weight is 375 g/mol. The van der Waals surface area contributed by atoms with Crippen molar-refractivity contribution in [2.24, 2.45) is 0 Å². The first-order valence-corrected chi connectivity index (χ1v) is 10.4. The summed E-state index contributed by atoms with van der Waals surface area (Å²) in [6, 6.07) is 0. The third-order valence-corrected chi connectivity index (χ3v) is 5.05. The molecule has 8 heteroatoms. The van der Waals surface area contributed by atoms with Crippen molar-refractivity contribution in [3.05, 3.63) is 0 Å². The van der Waals surface area contributed by atoms with Gasteiger partial charge in [0.1, 0.15) is 0 Å². The maximum absolute atomic E-state index is 10.7. The molecule has 1 heterocycles. The van der Waals surface area contributed by atoms with Crippen LogP contribution in [0.1, 0.15) is 71.6 Å². The summed E-state index contributed by atoms with van der Waals surface area (Å²) in [5.41, 5.74) is -5.65. The van der Waals surface area contributed by atoms with Crippen molar-refractivity contribution >= 4 is 10.1 Å². The fraction of sp³-hybridized carbons (Fsp3) is 1.00. The van der Waals surface area contributed by atoms with E-state index in [0.717, 1.165) is 0 Å². The Hall–Kier alpha value is -0.340. The summed E-state index contributed by atoms with van der Waals surface area (Å²) in [7, 11) is -6.09. The van der Waals surface area contributed by atoms with Crippen LogP contribution in [-0.2, 0) is 10.1 Å². The molecule has 0 unspecified atom stereocenters. The summed E-state index contributed by atoms with van der Waals surface area (Å²) in [5, 5.41) is 0. The molecular weight excluding hydrogens is 343 g/mol. The lowest BCUT2D eigenvalue weighted by atomic mass is 10.0. The smallest absolute Gasteiger partial charge is 0.485 e. The molecule has 0 atom stereocenters. The second kappa shape index (κ2) is 11.3. The maximum Gasteiger partial charge on any atom is 0.485 e. The van der Waals surface area contributed by atoms with Gasteiger partial charge >= 0.3 is 5.51 Å². The monoisotopic (exact) mass is 375 g/mol. The third kappa shape index (κ3) is 9.84. The molecular formula is C16H32F3NO3S. The number of quaternary nitrogens is 1. The zero-order chi connectivity index (χ0) is 18.7. The maximum atomic E-state index is 10.7. The van der Waals surface area contributed by atoms with Crippen LogP contribution >= 0.6 is 0 Å². The fourth-order valence-electron chi connectivity index (χ4n) is 3.27. The van der Waals surface area contributed by atoms with E-state index in [2.05, 4.69) is 13.8 Å². The van der Waals surface area contributed by atoms with Crippen molar-refractivity contribution in [1.29, 1.82) is 0 Å². The van der Waals surface area contributed by atoms with E-state index >= 15 is 0 Å². The highest BCUT2D eigenvalue weighted by atomic mass is 32.2. The van der Waals surface area contributed by atoms with Gasteiger partial charge in [0.05, 0.1) is 26.2 Å². The summed E-state index contributed by atoms with van der Waals surface area (Å²) < 4.78 is 60.4. The molecule has 1 saturated heterocycles. The van der Waals surface area contributed by atoms with E-state index in [-0.39, 0.29) is 0 Å². The molecule has 0 N–H and O–H groups in total. The zero-order valence-electron chi connectivity index (χ0n) is 14.9. The molecule has 0 saturated carbocycles. The number of nitrogens with zero attached hydrogens (tertiary/aromatic N) is 1. The van der Waals surface area contributed by atoms with Crippen LogP contribution in [0.2, 0.25) is 0 Å². The first kappa shape index (κ1) is 23.7. The van der Waals surface area contributed by atoms with Crippen LogP contribution in [0.15, 0.2) is 0 Å². The number of alkyl halides is 3. The van der Waals surface area contributed by atoms with Gasteiger partial charge in [-0.3, -0.25) is 0 Å². The molecule has 0 amide bonds. The molecule has 0 aromatic rings. The predicted molar refractivity (Wildman–Crippen MR) is 88.4 cm³/mol. The van der Waals surface area contributed by atoms with E-state index in [1.54, 1.807) is 0 Å². The molecule has 0 radical (unpaired) electrons. The van der Waals surface area contributed by atoms with E-state index in [4.69, 9.17) is 13.0 Å². The molecule has 1 rings (SSSR count). The Morgan fingerprint density at radius 3 is 1.79 bits per heavy atom. The number of halogens is 3. The van der Waals surface area contributed by atoms with Gasteiger partial charge in [0.2, 0.25) is 0 Å². The molecule has 1 aliphatic rings. The summed E-state index contributed by atoms with van der Waals surface area (Å²) in [4.78, 5) is 0. The topological polar surface area (TPSA) is 57.2 Å². The molecule has 1 aliphatic heterocycles. The summed E-state index contributed by atoms with van der Waals surface area (Å²) in [6.45, 7) is 10.5. The van der Waals surface area contributed by atoms with Crippen LogP contribution in [0.4, 0.5) is 13.2 Å². The normalized spacial score (nSPS) is 17.9. The van der Waals surface area contributed by atoms with Gasteiger partial charge in [-0.2, -0.15) is 13.2 Å². The number of hydrogen-bond acceptors (Lipinski definition) is 3. The molecule has 0 bridgehead atoms. The van der Waals surface area contributed by atoms with Crippen molar-refractivity contribution in [1.82, 2.24) is 0 Å². The minimum atomic E-state index is -6.09. The average Bonchev–Trinajstić information content (AvgIpc) is 2.47. The number of unbranched alkanes of at least 4 members (excludes halogenated alkanes) is 4. The Kier molecular flexibility index (Phi) is 11.1. The quantitative estimate of drug-likeness (QED) is 0.273. The van der Waals surface area contributed by atoms with Gasteiger partial charge < -0.3 is 9.04 Å². The number of rotatable bonds is 8. The van der Waals surface area contributed by atoms with Crippen LogP contribution in [0, 0.1) is 0 Å². The minimum Gasteiger partial charge on any atom is -0.741 e. The standard InChI is InChI=1S/C15H32N.CHF3O3S/c1-3-5-6-7-9-13-16(12-4-2)14-10-8-11-15-16;2-1(3,4)8(5,6)7/h3-15H2,1-2H3;(H,5,6,7)/q+1;/p-1. The largest absolute Gasteiger partial charge is 0.741 e. The van der Waals surface area contributed by atoms with Crippen LogP contribution in [0.25, 0.3) is 0 Å². The molecule has 1 fully saturated rings. The van der Waals surface area contributed by atoms with Gasteiger partial charge in [-0.25, -0.2) is 8.42 Å². The molecule has 0 aromatic heterocycles. The van der Waals surface area contributed by atoms with E-state index in [1.165, 1.54) is 88.4 Å². The number of hydrogen-bond donors (Lipinski definition) is 0. The van der Waals surface area contributed by atoms with Gasteiger partial charge in [-0.15, -0.1) is 0 Å². The van der Waals surface area contributed by atoms with Crippen LogP contribution < -0.4 is 0 Å². The molecule has 0 aliphatic carbocycles. The van der Waals surface area contributed by atoms with Gasteiger partial charge in [-0.1, -0.05) is 33.1 Å². The van der Waals surface area contributed by atoms with Crippen LogP contribution in [0.3, 0.4) is 0 Å². The van der Waals surface area contributed by atoms with E-state index < -0.39 is 15.6 Å². The van der Waals surface area contributed by atoms with Crippen molar-refractivity contribution in [2.45, 2.75) is 77.1 Å². The highest BCUT2D eigenvalue weighted by Crippen LogP contribution is 2.21. The SMILES string of the molecule is CCCCCCC[N+]1(CCC)CCCCC1.O=S(=O)([O-])C(F)(F)F. The Morgan fingerprint density at radius 1 is 0.875 bits per heavy atom. The van der Waals surface area contributed by atoms with Crippen molar-refractivity contribution < 1.29 is 30.6 Å². The van der Waals surface area contributed by atoms with E-state index in [0.29, 0.717) is 0 Å². The lowest BCUT2D eigenvalue weighted by Crippen LogP contribution is -2.52. The minimum absolute atomic E-state index is 1.37. The van der Waals surface area contributed by atoms with Crippen molar-refractivity contribution in [3.8, 4) is 0 Å². The van der Waals surface area contributed by atoms with E-state index in [1.807, 2.05) is 0 Å².